The number of para-hydroxylation sites is 1. The van der Waals surface area contributed by atoms with Gasteiger partial charge in [0.15, 0.2) is 5.03 Å². The van der Waals surface area contributed by atoms with Crippen LogP contribution in [0, 0.1) is 0 Å². The Labute approximate surface area is 241 Å². The summed E-state index contributed by atoms with van der Waals surface area (Å²) >= 11 is 6.34. The Morgan fingerprint density at radius 3 is 2.17 bits per heavy atom. The van der Waals surface area contributed by atoms with Crippen LogP contribution in [0.2, 0.25) is 5.02 Å². The molecule has 0 unspecified atom stereocenters. The summed E-state index contributed by atoms with van der Waals surface area (Å²) in [5.41, 5.74) is 0.0479. The molecule has 2 aromatic heterocycles. The molecule has 0 aliphatic carbocycles. The first-order chi connectivity index (χ1) is 19.0. The zero-order valence-electron chi connectivity index (χ0n) is 22.8. The smallest absolute Gasteiger partial charge is 0.410 e. The molecule has 0 bridgehead atoms. The molecule has 1 amide bonds. The number of hydrogen-bond acceptors (Lipinski definition) is 9. The van der Waals surface area contributed by atoms with Crippen LogP contribution < -0.4 is 4.74 Å². The molecular formula is C26H29ClN4O9S. The van der Waals surface area contributed by atoms with Crippen molar-refractivity contribution >= 4 is 39.5 Å². The number of ether oxygens (including phenoxy) is 2. The number of sulfone groups is 1. The number of amides is 1. The van der Waals surface area contributed by atoms with Crippen LogP contribution in [0.4, 0.5) is 4.79 Å². The first-order valence-electron chi connectivity index (χ1n) is 11.7. The summed E-state index contributed by atoms with van der Waals surface area (Å²) in [5, 5.41) is 20.3. The Morgan fingerprint density at radius 1 is 1.07 bits per heavy atom. The number of aliphatic carboxylic acids is 2. The van der Waals surface area contributed by atoms with Gasteiger partial charge in [-0.05, 0) is 39.0 Å². The van der Waals surface area contributed by atoms with Gasteiger partial charge >= 0.3 is 18.0 Å². The van der Waals surface area contributed by atoms with E-state index >= 15 is 0 Å². The van der Waals surface area contributed by atoms with Crippen molar-refractivity contribution in [1.82, 2.24) is 19.7 Å². The molecule has 0 saturated heterocycles. The van der Waals surface area contributed by atoms with Gasteiger partial charge in [0.05, 0.1) is 35.0 Å². The highest BCUT2D eigenvalue weighted by atomic mass is 35.5. The van der Waals surface area contributed by atoms with Gasteiger partial charge in [-0.1, -0.05) is 23.7 Å². The fourth-order valence-corrected chi connectivity index (χ4v) is 4.59. The summed E-state index contributed by atoms with van der Waals surface area (Å²) in [7, 11) is -1.05. The number of carbonyl (C=O) groups is 3. The largest absolute Gasteiger partial charge is 0.481 e. The molecule has 0 aliphatic heterocycles. The number of pyridine rings is 1. The SMILES string of the molecule is COc1ccc(S(=O)(=O)c2cc(CN(C)C(=O)OC(C)(C)C)nn2-c2ccccc2Cl)cn1.O=C(O)/C=C/C(=O)O. The molecule has 0 aliphatic rings. The molecule has 13 nitrogen and oxygen atoms in total. The van der Waals surface area contributed by atoms with Gasteiger partial charge < -0.3 is 24.6 Å². The molecule has 2 N–H and O–H groups in total. The Kier molecular flexibility index (Phi) is 11.0. The van der Waals surface area contributed by atoms with Crippen molar-refractivity contribution in [1.29, 1.82) is 0 Å². The van der Waals surface area contributed by atoms with Gasteiger partial charge in [-0.2, -0.15) is 5.10 Å². The van der Waals surface area contributed by atoms with Crippen molar-refractivity contribution in [3.63, 3.8) is 0 Å². The van der Waals surface area contributed by atoms with E-state index in [4.69, 9.17) is 31.3 Å². The molecule has 0 saturated carbocycles. The van der Waals surface area contributed by atoms with E-state index in [-0.39, 0.29) is 22.3 Å². The molecule has 3 rings (SSSR count). The van der Waals surface area contributed by atoms with E-state index in [9.17, 15) is 22.8 Å². The van der Waals surface area contributed by atoms with E-state index in [1.165, 1.54) is 41.1 Å². The summed E-state index contributed by atoms with van der Waals surface area (Å²) in [4.78, 5) is 36.7. The van der Waals surface area contributed by atoms with Crippen molar-refractivity contribution in [2.45, 2.75) is 42.8 Å². The molecule has 1 aromatic carbocycles. The van der Waals surface area contributed by atoms with E-state index in [1.54, 1.807) is 52.1 Å². The Morgan fingerprint density at radius 2 is 1.68 bits per heavy atom. The van der Waals surface area contributed by atoms with E-state index in [1.807, 2.05) is 0 Å². The fourth-order valence-electron chi connectivity index (χ4n) is 3.03. The highest BCUT2D eigenvalue weighted by molar-refractivity contribution is 7.91. The van der Waals surface area contributed by atoms with Crippen molar-refractivity contribution in [3.8, 4) is 11.6 Å². The number of carboxylic acids is 2. The zero-order valence-corrected chi connectivity index (χ0v) is 24.4. The van der Waals surface area contributed by atoms with Crippen LogP contribution in [0.15, 0.2) is 70.7 Å². The maximum absolute atomic E-state index is 13.5. The first kappa shape index (κ1) is 32.8. The monoisotopic (exact) mass is 608 g/mol. The van der Waals surface area contributed by atoms with E-state index < -0.39 is 33.5 Å². The van der Waals surface area contributed by atoms with Crippen LogP contribution in [-0.4, -0.2) is 76.1 Å². The number of hydrogen-bond donors (Lipinski definition) is 2. The minimum Gasteiger partial charge on any atom is -0.481 e. The molecule has 220 valence electrons. The highest BCUT2D eigenvalue weighted by Gasteiger charge is 2.28. The topological polar surface area (TPSA) is 178 Å². The van der Waals surface area contributed by atoms with Crippen LogP contribution in [0.25, 0.3) is 5.69 Å². The number of carboxylic acid groups (broad SMARTS) is 2. The van der Waals surface area contributed by atoms with Crippen molar-refractivity contribution in [2.75, 3.05) is 14.2 Å². The van der Waals surface area contributed by atoms with Crippen molar-refractivity contribution in [3.05, 3.63) is 71.5 Å². The molecule has 41 heavy (non-hydrogen) atoms. The van der Waals surface area contributed by atoms with E-state index in [2.05, 4.69) is 10.1 Å². The van der Waals surface area contributed by atoms with Gasteiger partial charge in [-0.15, -0.1) is 0 Å². The number of benzene rings is 1. The zero-order chi connectivity index (χ0) is 31.0. The predicted molar refractivity (Wildman–Crippen MR) is 147 cm³/mol. The minimum absolute atomic E-state index is 0.0236. The van der Waals surface area contributed by atoms with Crippen LogP contribution >= 0.6 is 11.6 Å². The lowest BCUT2D eigenvalue weighted by atomic mass is 10.2. The number of methoxy groups -OCH3 is 1. The summed E-state index contributed by atoms with van der Waals surface area (Å²) in [6, 6.07) is 11.0. The molecule has 15 heteroatoms. The number of aromatic nitrogens is 3. The van der Waals surface area contributed by atoms with E-state index in [0.717, 1.165) is 0 Å². The second kappa shape index (κ2) is 13.8. The summed E-state index contributed by atoms with van der Waals surface area (Å²) < 4.78 is 38.6. The van der Waals surface area contributed by atoms with Crippen LogP contribution in [0.3, 0.4) is 0 Å². The lowest BCUT2D eigenvalue weighted by Crippen LogP contribution is -2.33. The first-order valence-corrected chi connectivity index (χ1v) is 13.6. The third kappa shape index (κ3) is 9.61. The number of halogens is 1. The molecule has 0 radical (unpaired) electrons. The average Bonchev–Trinajstić information content (AvgIpc) is 3.31. The standard InChI is InChI=1S/C22H25ClN4O5S.C4H4O4/c1-22(2,3)32-21(28)26(4)14-15-12-20(27(25-15)18-9-7-6-8-17(18)23)33(29,30)16-10-11-19(31-5)24-13-16;5-3(6)1-2-4(7)8/h6-13H,14H2,1-5H3;1-2H,(H,5,6)(H,7,8)/b;2-1+. The summed E-state index contributed by atoms with van der Waals surface area (Å²) in [5.74, 6) is -2.23. The Bertz CT molecular complexity index is 1510. The van der Waals surface area contributed by atoms with E-state index in [0.29, 0.717) is 28.6 Å². The Hall–Kier alpha value is -4.43. The second-order valence-corrected chi connectivity index (χ2v) is 11.5. The normalized spacial score (nSPS) is 11.4. The summed E-state index contributed by atoms with van der Waals surface area (Å²) in [6.07, 6.45) is 1.77. The third-order valence-electron chi connectivity index (χ3n) is 4.78. The van der Waals surface area contributed by atoms with Crippen LogP contribution in [0.1, 0.15) is 26.5 Å². The van der Waals surface area contributed by atoms with Crippen LogP contribution in [0.5, 0.6) is 5.88 Å². The molecule has 2 heterocycles. The number of nitrogens with zero attached hydrogens (tertiary/aromatic N) is 4. The molecule has 0 fully saturated rings. The number of rotatable bonds is 8. The predicted octanol–water partition coefficient (Wildman–Crippen LogP) is 3.84. The quantitative estimate of drug-likeness (QED) is 0.355. The molecule has 0 spiro atoms. The van der Waals surface area contributed by atoms with Gasteiger partial charge in [0.25, 0.3) is 0 Å². The molecule has 3 aromatic rings. The second-order valence-electron chi connectivity index (χ2n) is 9.22. The fraction of sp³-hybridized carbons (Fsp3) is 0.269. The maximum atomic E-state index is 13.5. The molecule has 0 atom stereocenters. The minimum atomic E-state index is -4.03. The van der Waals surface area contributed by atoms with Crippen LogP contribution in [-0.2, 0) is 30.7 Å². The third-order valence-corrected chi connectivity index (χ3v) is 6.81. The van der Waals surface area contributed by atoms with Gasteiger partial charge in [0.1, 0.15) is 5.60 Å². The van der Waals surface area contributed by atoms with Crippen molar-refractivity contribution < 1.29 is 42.5 Å². The number of carbonyl (C=O) groups excluding carboxylic acids is 1. The molecular weight excluding hydrogens is 580 g/mol. The maximum Gasteiger partial charge on any atom is 0.410 e. The van der Waals surface area contributed by atoms with Gasteiger partial charge in [-0.3, -0.25) is 0 Å². The van der Waals surface area contributed by atoms with Gasteiger partial charge in [0, 0.05) is 37.5 Å². The average molecular weight is 609 g/mol. The van der Waals surface area contributed by atoms with Gasteiger partial charge in [0.2, 0.25) is 15.7 Å². The Balaban J connectivity index is 0.000000642. The highest BCUT2D eigenvalue weighted by Crippen LogP contribution is 2.28. The lowest BCUT2D eigenvalue weighted by Gasteiger charge is -2.24. The van der Waals surface area contributed by atoms with Crippen molar-refractivity contribution in [2.24, 2.45) is 0 Å². The van der Waals surface area contributed by atoms with Gasteiger partial charge in [-0.25, -0.2) is 32.5 Å². The summed E-state index contributed by atoms with van der Waals surface area (Å²) in [6.45, 7) is 5.31. The lowest BCUT2D eigenvalue weighted by molar-refractivity contribution is -0.134.